The Bertz CT molecular complexity index is 1540. The summed E-state index contributed by atoms with van der Waals surface area (Å²) >= 11 is 0. The lowest BCUT2D eigenvalue weighted by molar-refractivity contribution is -0.166. The molecule has 4 rings (SSSR count). The van der Waals surface area contributed by atoms with Crippen molar-refractivity contribution in [3.05, 3.63) is 94.6 Å². The van der Waals surface area contributed by atoms with Crippen LogP contribution in [0.2, 0.25) is 0 Å². The van der Waals surface area contributed by atoms with E-state index in [9.17, 15) is 9.18 Å². The van der Waals surface area contributed by atoms with Crippen LogP contribution in [0.5, 0.6) is 0 Å². The molecule has 1 atom stereocenters. The zero-order valence-corrected chi connectivity index (χ0v) is 29.5. The van der Waals surface area contributed by atoms with Crippen molar-refractivity contribution in [2.45, 2.75) is 98.6 Å². The maximum atomic E-state index is 13.7. The number of aryl methyl sites for hydroxylation is 3. The van der Waals surface area contributed by atoms with Crippen molar-refractivity contribution in [1.82, 2.24) is 10.3 Å². The van der Waals surface area contributed by atoms with Gasteiger partial charge < -0.3 is 24.4 Å². The van der Waals surface area contributed by atoms with Crippen molar-refractivity contribution >= 4 is 11.7 Å². The molecule has 0 aliphatic carbocycles. The number of piperidine rings is 1. The van der Waals surface area contributed by atoms with Gasteiger partial charge in [-0.3, -0.25) is 4.98 Å². The topological polar surface area (TPSA) is 72.9 Å². The number of carbonyl (C=O) groups excluding carboxylic acids is 1. The van der Waals surface area contributed by atoms with Gasteiger partial charge in [-0.1, -0.05) is 42.5 Å². The molecule has 2 heterocycles. The maximum absolute atomic E-state index is 13.7. The molecule has 1 N–H and O–H groups in total. The van der Waals surface area contributed by atoms with E-state index in [2.05, 4.69) is 48.0 Å². The van der Waals surface area contributed by atoms with E-state index in [0.29, 0.717) is 25.3 Å². The second kappa shape index (κ2) is 15.5. The third-order valence-corrected chi connectivity index (χ3v) is 8.62. The van der Waals surface area contributed by atoms with Crippen molar-refractivity contribution in [3.8, 4) is 11.1 Å². The molecular formula is C39H52FN3O4. The van der Waals surface area contributed by atoms with Gasteiger partial charge in [-0.05, 0) is 96.6 Å². The van der Waals surface area contributed by atoms with Crippen molar-refractivity contribution in [3.63, 3.8) is 0 Å². The van der Waals surface area contributed by atoms with Gasteiger partial charge in [0.15, 0.2) is 6.10 Å². The summed E-state index contributed by atoms with van der Waals surface area (Å²) in [7, 11) is 0. The van der Waals surface area contributed by atoms with Gasteiger partial charge in [-0.15, -0.1) is 6.58 Å². The van der Waals surface area contributed by atoms with Gasteiger partial charge in [-0.2, -0.15) is 0 Å². The van der Waals surface area contributed by atoms with E-state index in [4.69, 9.17) is 19.2 Å². The molecule has 0 spiro atoms. The summed E-state index contributed by atoms with van der Waals surface area (Å²) in [4.78, 5) is 21.0. The SMILES string of the molecule is C=CCOC1(C)CCN(c2c(-c3ccc(CNCc4ccc(F)c(C)c4)cc3)c(C)nc(C)c2C(OC(C)(C)C)C(=O)OCC)CC1. The Morgan fingerprint density at radius 1 is 1.06 bits per heavy atom. The number of nitrogens with one attached hydrogen (secondary N) is 1. The number of pyridine rings is 1. The van der Waals surface area contributed by atoms with Crippen LogP contribution in [0, 0.1) is 26.6 Å². The van der Waals surface area contributed by atoms with E-state index < -0.39 is 17.7 Å². The zero-order chi connectivity index (χ0) is 34.4. The fourth-order valence-electron chi connectivity index (χ4n) is 6.19. The summed E-state index contributed by atoms with van der Waals surface area (Å²) in [5.41, 5.74) is 7.28. The number of rotatable bonds is 13. The highest BCUT2D eigenvalue weighted by atomic mass is 19.1. The number of halogens is 1. The molecule has 1 aromatic heterocycles. The van der Waals surface area contributed by atoms with E-state index in [1.54, 1.807) is 13.0 Å². The van der Waals surface area contributed by atoms with E-state index in [0.717, 1.165) is 70.8 Å². The fraction of sp³-hybridized carbons (Fsp3) is 0.487. The number of nitrogens with zero attached hydrogens (tertiary/aromatic N) is 2. The van der Waals surface area contributed by atoms with Gasteiger partial charge in [0.1, 0.15) is 5.82 Å². The smallest absolute Gasteiger partial charge is 0.340 e. The predicted octanol–water partition coefficient (Wildman–Crippen LogP) is 8.08. The first-order valence-electron chi connectivity index (χ1n) is 16.7. The minimum atomic E-state index is -0.944. The van der Waals surface area contributed by atoms with Crippen LogP contribution in [-0.4, -0.2) is 48.5 Å². The predicted molar refractivity (Wildman–Crippen MR) is 187 cm³/mol. The van der Waals surface area contributed by atoms with Crippen LogP contribution in [0.15, 0.2) is 55.1 Å². The average Bonchev–Trinajstić information content (AvgIpc) is 3.01. The van der Waals surface area contributed by atoms with E-state index in [-0.39, 0.29) is 18.0 Å². The maximum Gasteiger partial charge on any atom is 0.340 e. The molecule has 7 nitrogen and oxygen atoms in total. The molecule has 0 saturated carbocycles. The third-order valence-electron chi connectivity index (χ3n) is 8.62. The van der Waals surface area contributed by atoms with Gasteiger partial charge in [0, 0.05) is 48.7 Å². The van der Waals surface area contributed by atoms with E-state index in [1.165, 1.54) is 6.07 Å². The summed E-state index contributed by atoms with van der Waals surface area (Å²) in [6.45, 7) is 23.0. The van der Waals surface area contributed by atoms with Gasteiger partial charge in [0.2, 0.25) is 0 Å². The number of anilines is 1. The largest absolute Gasteiger partial charge is 0.464 e. The molecule has 3 aromatic rings. The number of aromatic nitrogens is 1. The highest BCUT2D eigenvalue weighted by Gasteiger charge is 2.38. The normalized spacial score (nSPS) is 15.4. The molecule has 2 aromatic carbocycles. The Hall–Kier alpha value is -3.59. The number of carbonyl (C=O) groups is 1. The Morgan fingerprint density at radius 3 is 2.30 bits per heavy atom. The molecule has 0 amide bonds. The van der Waals surface area contributed by atoms with Crippen molar-refractivity contribution in [1.29, 1.82) is 0 Å². The lowest BCUT2D eigenvalue weighted by Gasteiger charge is -2.42. The van der Waals surface area contributed by atoms with Crippen LogP contribution in [0.25, 0.3) is 11.1 Å². The van der Waals surface area contributed by atoms with Crippen LogP contribution in [-0.2, 0) is 32.1 Å². The lowest BCUT2D eigenvalue weighted by Crippen LogP contribution is -2.45. The Morgan fingerprint density at radius 2 is 1.70 bits per heavy atom. The monoisotopic (exact) mass is 645 g/mol. The minimum absolute atomic E-state index is 0.189. The standard InChI is InChI=1S/C39H52FN3O4/c1-10-22-46-39(9)18-20-43(21-19-39)35-33(27(4)42-28(5)34(35)36(37(44)45-11-2)47-38(6,7)8)31-15-12-29(13-16-31)24-41-25-30-14-17-32(40)26(3)23-30/h10,12-17,23,36,41H,1,11,18-22,24-25H2,2-9H3. The number of hydrogen-bond donors (Lipinski definition) is 1. The highest BCUT2D eigenvalue weighted by Crippen LogP contribution is 2.44. The van der Waals surface area contributed by atoms with E-state index in [1.807, 2.05) is 53.7 Å². The van der Waals surface area contributed by atoms with Gasteiger partial charge in [-0.25, -0.2) is 9.18 Å². The molecule has 1 saturated heterocycles. The highest BCUT2D eigenvalue weighted by molar-refractivity contribution is 5.88. The second-order valence-electron chi connectivity index (χ2n) is 13.7. The quantitative estimate of drug-likeness (QED) is 0.149. The minimum Gasteiger partial charge on any atom is -0.464 e. The molecule has 47 heavy (non-hydrogen) atoms. The first kappa shape index (κ1) is 36.2. The average molecular weight is 646 g/mol. The number of esters is 1. The zero-order valence-electron chi connectivity index (χ0n) is 29.5. The second-order valence-corrected chi connectivity index (χ2v) is 13.7. The Kier molecular flexibility index (Phi) is 12.0. The van der Waals surface area contributed by atoms with Crippen LogP contribution in [0.3, 0.4) is 0 Å². The van der Waals surface area contributed by atoms with Crippen LogP contribution >= 0.6 is 0 Å². The van der Waals surface area contributed by atoms with Gasteiger partial charge in [0.05, 0.1) is 30.1 Å². The number of hydrogen-bond acceptors (Lipinski definition) is 7. The summed E-state index contributed by atoms with van der Waals surface area (Å²) in [6, 6.07) is 13.7. The summed E-state index contributed by atoms with van der Waals surface area (Å²) in [5, 5.41) is 3.47. The molecule has 1 aliphatic rings. The van der Waals surface area contributed by atoms with Crippen molar-refractivity contribution in [2.75, 3.05) is 31.2 Å². The first-order valence-corrected chi connectivity index (χ1v) is 16.7. The first-order chi connectivity index (χ1) is 22.2. The van der Waals surface area contributed by atoms with Crippen LogP contribution < -0.4 is 10.2 Å². The van der Waals surface area contributed by atoms with Gasteiger partial charge in [0.25, 0.3) is 0 Å². The van der Waals surface area contributed by atoms with Crippen LogP contribution in [0.4, 0.5) is 10.1 Å². The number of benzene rings is 2. The molecule has 8 heteroatoms. The lowest BCUT2D eigenvalue weighted by atomic mass is 9.89. The Balaban J connectivity index is 1.73. The van der Waals surface area contributed by atoms with E-state index >= 15 is 0 Å². The molecule has 1 unspecified atom stereocenters. The molecule has 1 aliphatic heterocycles. The van der Waals surface area contributed by atoms with Gasteiger partial charge >= 0.3 is 5.97 Å². The molecular weight excluding hydrogens is 593 g/mol. The third kappa shape index (κ3) is 9.28. The summed E-state index contributed by atoms with van der Waals surface area (Å²) in [6.07, 6.45) is 2.49. The molecule has 1 fully saturated rings. The fourth-order valence-corrected chi connectivity index (χ4v) is 6.19. The van der Waals surface area contributed by atoms with Crippen LogP contribution in [0.1, 0.15) is 87.2 Å². The molecule has 0 radical (unpaired) electrons. The summed E-state index contributed by atoms with van der Waals surface area (Å²) < 4.78 is 31.9. The number of ether oxygens (including phenoxy) is 3. The molecule has 0 bridgehead atoms. The molecule has 254 valence electrons. The van der Waals surface area contributed by atoms with Crippen molar-refractivity contribution < 1.29 is 23.4 Å². The van der Waals surface area contributed by atoms with Crippen molar-refractivity contribution in [2.24, 2.45) is 0 Å². The Labute approximate surface area is 280 Å². The summed E-state index contributed by atoms with van der Waals surface area (Å²) in [5.74, 6) is -0.608.